The van der Waals surface area contributed by atoms with Crippen molar-refractivity contribution in [3.8, 4) is 6.07 Å². The van der Waals surface area contributed by atoms with E-state index in [4.69, 9.17) is 4.74 Å². The van der Waals surface area contributed by atoms with Crippen LogP contribution in [0.4, 0.5) is 13.2 Å². The lowest BCUT2D eigenvalue weighted by molar-refractivity contribution is -0.140. The van der Waals surface area contributed by atoms with Gasteiger partial charge in [-0.3, -0.25) is 4.79 Å². The van der Waals surface area contributed by atoms with E-state index in [0.29, 0.717) is 12.0 Å². The quantitative estimate of drug-likeness (QED) is 0.585. The number of benzene rings is 1. The summed E-state index contributed by atoms with van der Waals surface area (Å²) in [5.74, 6) is -1.25. The van der Waals surface area contributed by atoms with Crippen molar-refractivity contribution in [3.05, 3.63) is 53.6 Å². The molecule has 1 amide bonds. The van der Waals surface area contributed by atoms with E-state index in [1.807, 2.05) is 6.07 Å². The molecule has 142 valence electrons. The van der Waals surface area contributed by atoms with Gasteiger partial charge in [-0.2, -0.15) is 18.4 Å². The Bertz CT molecular complexity index is 826. The van der Waals surface area contributed by atoms with Crippen molar-refractivity contribution < 1.29 is 27.5 Å². The number of hydrogen-bond acceptors (Lipinski definition) is 5. The third kappa shape index (κ3) is 6.18. The predicted molar refractivity (Wildman–Crippen MR) is 92.6 cm³/mol. The molecule has 0 bridgehead atoms. The number of nitriles is 1. The van der Waals surface area contributed by atoms with Crippen LogP contribution in [0.5, 0.6) is 0 Å². The lowest BCUT2D eigenvalue weighted by Crippen LogP contribution is -2.48. The highest BCUT2D eigenvalue weighted by atomic mass is 32.2. The largest absolute Gasteiger partial charge is 0.459 e. The van der Waals surface area contributed by atoms with Crippen molar-refractivity contribution in [2.75, 3.05) is 6.61 Å². The maximum atomic E-state index is 12.3. The Kier molecular flexibility index (Phi) is 6.33. The second-order valence-electron chi connectivity index (χ2n) is 5.87. The molecular weight excluding hydrogens is 381 g/mol. The van der Waals surface area contributed by atoms with Crippen molar-refractivity contribution >= 4 is 23.6 Å². The van der Waals surface area contributed by atoms with Crippen LogP contribution in [0, 0.1) is 11.3 Å². The van der Waals surface area contributed by atoms with Crippen LogP contribution in [0.25, 0.3) is 0 Å². The summed E-state index contributed by atoms with van der Waals surface area (Å²) in [5, 5.41) is 11.8. The van der Waals surface area contributed by atoms with E-state index in [-0.39, 0.29) is 28.8 Å². The third-order valence-electron chi connectivity index (χ3n) is 3.51. The molecule has 9 heteroatoms. The van der Waals surface area contributed by atoms with E-state index < -0.39 is 22.9 Å². The number of carbonyl (C=O) groups is 2. The molecule has 5 nitrogen and oxygen atoms in total. The number of allylic oxidation sites excluding steroid dienone is 3. The van der Waals surface area contributed by atoms with E-state index in [0.717, 1.165) is 12.1 Å². The molecule has 1 aromatic carbocycles. The van der Waals surface area contributed by atoms with Gasteiger partial charge in [0.25, 0.3) is 5.91 Å². The van der Waals surface area contributed by atoms with Crippen LogP contribution >= 0.6 is 11.8 Å². The second-order valence-corrected chi connectivity index (χ2v) is 7.01. The van der Waals surface area contributed by atoms with Gasteiger partial charge < -0.3 is 10.1 Å². The van der Waals surface area contributed by atoms with Gasteiger partial charge in [-0.1, -0.05) is 18.2 Å². The van der Waals surface area contributed by atoms with Gasteiger partial charge in [-0.15, -0.1) is 0 Å². The highest BCUT2D eigenvalue weighted by molar-refractivity contribution is 8.00. The molecule has 27 heavy (non-hydrogen) atoms. The second kappa shape index (κ2) is 8.31. The van der Waals surface area contributed by atoms with Crippen molar-refractivity contribution in [1.82, 2.24) is 5.32 Å². The van der Waals surface area contributed by atoms with Crippen molar-refractivity contribution in [2.45, 2.75) is 29.3 Å². The van der Waals surface area contributed by atoms with Crippen LogP contribution in [0.2, 0.25) is 0 Å². The Labute approximate surface area is 157 Å². The zero-order valence-corrected chi connectivity index (χ0v) is 15.0. The Morgan fingerprint density at radius 1 is 1.30 bits per heavy atom. The fourth-order valence-corrected chi connectivity index (χ4v) is 2.67. The minimum absolute atomic E-state index is 0.0607. The summed E-state index contributed by atoms with van der Waals surface area (Å²) in [6.07, 6.45) is 5.53. The Morgan fingerprint density at radius 2 is 1.96 bits per heavy atom. The molecule has 0 saturated carbocycles. The molecule has 0 aliphatic heterocycles. The summed E-state index contributed by atoms with van der Waals surface area (Å²) in [4.78, 5) is 24.1. The zero-order chi connectivity index (χ0) is 20.1. The molecule has 1 aliphatic rings. The number of alkyl halides is 3. The number of thioether (sulfide) groups is 1. The van der Waals surface area contributed by atoms with Crippen molar-refractivity contribution in [2.24, 2.45) is 0 Å². The van der Waals surface area contributed by atoms with E-state index in [1.54, 1.807) is 18.2 Å². The van der Waals surface area contributed by atoms with E-state index >= 15 is 0 Å². The number of carbonyl (C=O) groups excluding carboxylic acids is 2. The first-order valence-electron chi connectivity index (χ1n) is 7.74. The summed E-state index contributed by atoms with van der Waals surface area (Å²) < 4.78 is 42.1. The summed E-state index contributed by atoms with van der Waals surface area (Å²) in [5.41, 5.74) is -5.38. The number of nitrogens with one attached hydrogen (secondary N) is 1. The molecule has 0 saturated heterocycles. The third-order valence-corrected chi connectivity index (χ3v) is 4.25. The molecule has 2 rings (SSSR count). The summed E-state index contributed by atoms with van der Waals surface area (Å²) in [6, 6.07) is 6.65. The van der Waals surface area contributed by atoms with Crippen LogP contribution < -0.4 is 5.32 Å². The monoisotopic (exact) mass is 396 g/mol. The molecule has 0 fully saturated rings. The number of hydrogen-bond donors (Lipinski definition) is 1. The maximum Gasteiger partial charge on any atom is 0.446 e. The van der Waals surface area contributed by atoms with Gasteiger partial charge in [-0.05, 0) is 49.4 Å². The van der Waals surface area contributed by atoms with Gasteiger partial charge in [0.05, 0.1) is 6.07 Å². The molecule has 0 aromatic heterocycles. The molecule has 0 radical (unpaired) electrons. The fourth-order valence-electron chi connectivity index (χ4n) is 2.13. The van der Waals surface area contributed by atoms with Crippen LogP contribution in [-0.4, -0.2) is 29.5 Å². The zero-order valence-electron chi connectivity index (χ0n) is 14.2. The number of esters is 1. The van der Waals surface area contributed by atoms with Crippen LogP contribution in [0.1, 0.15) is 23.7 Å². The topological polar surface area (TPSA) is 79.2 Å². The van der Waals surface area contributed by atoms with Crippen LogP contribution in [-0.2, 0) is 9.53 Å². The first-order chi connectivity index (χ1) is 12.6. The smallest absolute Gasteiger partial charge is 0.446 e. The molecule has 1 atom stereocenters. The van der Waals surface area contributed by atoms with Crippen molar-refractivity contribution in [1.29, 1.82) is 5.26 Å². The minimum Gasteiger partial charge on any atom is -0.459 e. The first kappa shape index (κ1) is 20.6. The standard InChI is InChI=1S/C18H15F3N2O3S/c1-17(10-22,11-26-16(25)13-4-2-3-5-13)23-15(24)12-6-8-14(9-7-12)27-18(19,20)21/h2-4,6-9H,5,11H2,1H3,(H,23,24). The fraction of sp³-hybridized carbons (Fsp3) is 0.278. The number of amides is 1. The average Bonchev–Trinajstić information content (AvgIpc) is 3.13. The Balaban J connectivity index is 1.96. The van der Waals surface area contributed by atoms with Gasteiger partial charge in [0.15, 0.2) is 5.54 Å². The molecule has 1 N–H and O–H groups in total. The number of ether oxygens (including phenoxy) is 1. The van der Waals surface area contributed by atoms with Crippen LogP contribution in [0.15, 0.2) is 53.0 Å². The lowest BCUT2D eigenvalue weighted by atomic mass is 10.1. The number of rotatable bonds is 6. The molecule has 0 heterocycles. The normalized spacial score (nSPS) is 15.4. The summed E-state index contributed by atoms with van der Waals surface area (Å²) in [7, 11) is 0. The van der Waals surface area contributed by atoms with E-state index in [2.05, 4.69) is 5.32 Å². The number of halogens is 3. The molecule has 1 aromatic rings. The Hall–Kier alpha value is -2.73. The highest BCUT2D eigenvalue weighted by Crippen LogP contribution is 2.36. The van der Waals surface area contributed by atoms with E-state index in [1.165, 1.54) is 19.1 Å². The lowest BCUT2D eigenvalue weighted by Gasteiger charge is -2.23. The van der Waals surface area contributed by atoms with Gasteiger partial charge in [-0.25, -0.2) is 4.79 Å². The van der Waals surface area contributed by atoms with Gasteiger partial charge >= 0.3 is 11.5 Å². The Morgan fingerprint density at radius 3 is 2.48 bits per heavy atom. The molecular formula is C18H15F3N2O3S. The molecule has 1 unspecified atom stereocenters. The first-order valence-corrected chi connectivity index (χ1v) is 8.56. The summed E-state index contributed by atoms with van der Waals surface area (Å²) in [6.45, 7) is 1.01. The number of nitrogens with zero attached hydrogens (tertiary/aromatic N) is 1. The van der Waals surface area contributed by atoms with Gasteiger partial charge in [0.2, 0.25) is 0 Å². The minimum atomic E-state index is -4.42. The van der Waals surface area contributed by atoms with E-state index in [9.17, 15) is 28.0 Å². The maximum absolute atomic E-state index is 12.3. The van der Waals surface area contributed by atoms with Crippen LogP contribution in [0.3, 0.4) is 0 Å². The van der Waals surface area contributed by atoms with Gasteiger partial charge in [0, 0.05) is 16.0 Å². The highest BCUT2D eigenvalue weighted by Gasteiger charge is 2.31. The van der Waals surface area contributed by atoms with Crippen molar-refractivity contribution in [3.63, 3.8) is 0 Å². The molecule has 0 spiro atoms. The molecule has 1 aliphatic carbocycles. The SMILES string of the molecule is CC(C#N)(COC(=O)C1=CC=CC1)NC(=O)c1ccc(SC(F)(F)F)cc1. The summed E-state index contributed by atoms with van der Waals surface area (Å²) >= 11 is -0.290. The van der Waals surface area contributed by atoms with Gasteiger partial charge in [0.1, 0.15) is 6.61 Å². The average molecular weight is 396 g/mol. The predicted octanol–water partition coefficient (Wildman–Crippen LogP) is 3.74.